The SMILES string of the molecule is Cc1ccc(NC(=O)C2CNNC2S(=O)(=O)Nc2ccc(F)cc2)cc1F. The number of sulfonamides is 1. The monoisotopic (exact) mass is 396 g/mol. The molecule has 0 radical (unpaired) electrons. The lowest BCUT2D eigenvalue weighted by Crippen LogP contribution is -2.45. The predicted octanol–water partition coefficient (Wildman–Crippen LogP) is 1.70. The van der Waals surface area contributed by atoms with Gasteiger partial charge in [0.15, 0.2) is 5.37 Å². The van der Waals surface area contributed by atoms with E-state index in [2.05, 4.69) is 20.9 Å². The van der Waals surface area contributed by atoms with E-state index in [1.807, 2.05) is 0 Å². The molecule has 144 valence electrons. The van der Waals surface area contributed by atoms with Gasteiger partial charge in [-0.2, -0.15) is 0 Å². The standard InChI is InChI=1S/C17H18F2N4O3S/c1-10-2-5-13(8-15(10)19)21-16(24)14-9-20-22-17(14)27(25,26)23-12-6-3-11(18)4-7-12/h2-8,14,17,20,22-23H,9H2,1H3,(H,21,24). The van der Waals surface area contributed by atoms with E-state index < -0.39 is 38.9 Å². The molecule has 1 amide bonds. The van der Waals surface area contributed by atoms with Crippen LogP contribution in [0.15, 0.2) is 42.5 Å². The van der Waals surface area contributed by atoms with Gasteiger partial charge >= 0.3 is 0 Å². The van der Waals surface area contributed by atoms with E-state index in [4.69, 9.17) is 0 Å². The molecule has 1 heterocycles. The molecule has 2 aromatic carbocycles. The quantitative estimate of drug-likeness (QED) is 0.617. The van der Waals surface area contributed by atoms with E-state index in [-0.39, 0.29) is 17.9 Å². The molecule has 27 heavy (non-hydrogen) atoms. The molecule has 2 aromatic rings. The van der Waals surface area contributed by atoms with Crippen molar-refractivity contribution in [2.75, 3.05) is 16.6 Å². The van der Waals surface area contributed by atoms with E-state index in [1.165, 1.54) is 30.3 Å². The minimum Gasteiger partial charge on any atom is -0.326 e. The molecule has 2 atom stereocenters. The maximum atomic E-state index is 13.6. The third-order valence-electron chi connectivity index (χ3n) is 4.15. The fraction of sp³-hybridized carbons (Fsp3) is 0.235. The first-order valence-electron chi connectivity index (χ1n) is 8.09. The van der Waals surface area contributed by atoms with Gasteiger partial charge in [0, 0.05) is 17.9 Å². The van der Waals surface area contributed by atoms with Crippen molar-refractivity contribution in [3.63, 3.8) is 0 Å². The molecule has 7 nitrogen and oxygen atoms in total. The highest BCUT2D eigenvalue weighted by molar-refractivity contribution is 7.93. The van der Waals surface area contributed by atoms with E-state index in [0.717, 1.165) is 12.1 Å². The Balaban J connectivity index is 1.74. The second kappa shape index (κ2) is 7.59. The number of carbonyl (C=O) groups excluding carboxylic acids is 1. The summed E-state index contributed by atoms with van der Waals surface area (Å²) in [6, 6.07) is 9.01. The highest BCUT2D eigenvalue weighted by atomic mass is 32.2. The summed E-state index contributed by atoms with van der Waals surface area (Å²) in [5, 5.41) is 1.26. The minimum atomic E-state index is -4.01. The molecule has 0 aliphatic carbocycles. The largest absolute Gasteiger partial charge is 0.326 e. The maximum Gasteiger partial charge on any atom is 0.250 e. The van der Waals surface area contributed by atoms with Gasteiger partial charge in [-0.15, -0.1) is 0 Å². The lowest BCUT2D eigenvalue weighted by atomic mass is 10.1. The molecular weight excluding hydrogens is 378 g/mol. The van der Waals surface area contributed by atoms with Crippen LogP contribution in [0.3, 0.4) is 0 Å². The zero-order chi connectivity index (χ0) is 19.6. The van der Waals surface area contributed by atoms with Gasteiger partial charge in [-0.05, 0) is 48.9 Å². The Morgan fingerprint density at radius 1 is 1.11 bits per heavy atom. The molecule has 1 aliphatic rings. The number of rotatable bonds is 5. The first-order valence-corrected chi connectivity index (χ1v) is 9.63. The van der Waals surface area contributed by atoms with Gasteiger partial charge in [0.1, 0.15) is 11.6 Å². The van der Waals surface area contributed by atoms with Crippen molar-refractivity contribution in [2.24, 2.45) is 5.92 Å². The second-order valence-electron chi connectivity index (χ2n) is 6.16. The Morgan fingerprint density at radius 2 is 1.78 bits per heavy atom. The molecular formula is C17H18F2N4O3S. The van der Waals surface area contributed by atoms with E-state index in [1.54, 1.807) is 6.92 Å². The van der Waals surface area contributed by atoms with Crippen molar-refractivity contribution in [3.05, 3.63) is 59.7 Å². The van der Waals surface area contributed by atoms with Crippen LogP contribution in [0.4, 0.5) is 20.2 Å². The van der Waals surface area contributed by atoms with Crippen molar-refractivity contribution in [2.45, 2.75) is 12.3 Å². The van der Waals surface area contributed by atoms with Gasteiger partial charge in [-0.3, -0.25) is 14.9 Å². The normalized spacial score (nSPS) is 19.7. The van der Waals surface area contributed by atoms with Crippen LogP contribution in [0.1, 0.15) is 5.56 Å². The Labute approximate surface area is 155 Å². The van der Waals surface area contributed by atoms with Crippen LogP contribution in [0.25, 0.3) is 0 Å². The van der Waals surface area contributed by atoms with Gasteiger partial charge in [-0.1, -0.05) is 6.07 Å². The van der Waals surface area contributed by atoms with Gasteiger partial charge in [-0.25, -0.2) is 22.6 Å². The summed E-state index contributed by atoms with van der Waals surface area (Å²) in [6.45, 7) is 1.66. The number of carbonyl (C=O) groups is 1. The lowest BCUT2D eigenvalue weighted by Gasteiger charge is -2.19. The van der Waals surface area contributed by atoms with Crippen molar-refractivity contribution >= 4 is 27.3 Å². The van der Waals surface area contributed by atoms with Crippen molar-refractivity contribution in [3.8, 4) is 0 Å². The van der Waals surface area contributed by atoms with E-state index in [0.29, 0.717) is 5.56 Å². The number of halogens is 2. The van der Waals surface area contributed by atoms with Crippen LogP contribution in [0, 0.1) is 24.5 Å². The highest BCUT2D eigenvalue weighted by Gasteiger charge is 2.42. The summed E-state index contributed by atoms with van der Waals surface area (Å²) in [5.41, 5.74) is 6.04. The third-order valence-corrected chi connectivity index (χ3v) is 5.78. The van der Waals surface area contributed by atoms with Crippen LogP contribution < -0.4 is 20.9 Å². The molecule has 1 saturated heterocycles. The summed E-state index contributed by atoms with van der Waals surface area (Å²) >= 11 is 0. The topological polar surface area (TPSA) is 99.3 Å². The predicted molar refractivity (Wildman–Crippen MR) is 97.1 cm³/mol. The number of anilines is 2. The molecule has 2 unspecified atom stereocenters. The number of hydrogen-bond acceptors (Lipinski definition) is 5. The summed E-state index contributed by atoms with van der Waals surface area (Å²) in [5.74, 6) is -2.52. The number of nitrogens with one attached hydrogen (secondary N) is 4. The first-order chi connectivity index (χ1) is 12.8. The molecule has 10 heteroatoms. The number of hydrazine groups is 1. The number of benzene rings is 2. The van der Waals surface area contributed by atoms with Gasteiger partial charge in [0.2, 0.25) is 5.91 Å². The molecule has 1 fully saturated rings. The van der Waals surface area contributed by atoms with Crippen LogP contribution in [0.2, 0.25) is 0 Å². The zero-order valence-electron chi connectivity index (χ0n) is 14.3. The smallest absolute Gasteiger partial charge is 0.250 e. The Kier molecular flexibility index (Phi) is 5.40. The first kappa shape index (κ1) is 19.2. The van der Waals surface area contributed by atoms with Crippen LogP contribution in [0.5, 0.6) is 0 Å². The summed E-state index contributed by atoms with van der Waals surface area (Å²) in [6.07, 6.45) is 0. The second-order valence-corrected chi connectivity index (χ2v) is 7.96. The van der Waals surface area contributed by atoms with Crippen molar-refractivity contribution < 1.29 is 22.0 Å². The van der Waals surface area contributed by atoms with Gasteiger partial charge in [0.05, 0.1) is 5.92 Å². The van der Waals surface area contributed by atoms with Crippen molar-refractivity contribution in [1.82, 2.24) is 10.9 Å². The van der Waals surface area contributed by atoms with E-state index >= 15 is 0 Å². The third kappa shape index (κ3) is 4.41. The zero-order valence-corrected chi connectivity index (χ0v) is 15.1. The fourth-order valence-electron chi connectivity index (χ4n) is 2.65. The Bertz CT molecular complexity index is 951. The Morgan fingerprint density at radius 3 is 2.44 bits per heavy atom. The molecule has 0 aromatic heterocycles. The van der Waals surface area contributed by atoms with Gasteiger partial charge in [0.25, 0.3) is 10.0 Å². The summed E-state index contributed by atoms with van der Waals surface area (Å²) in [7, 11) is -4.01. The molecule has 0 saturated carbocycles. The van der Waals surface area contributed by atoms with Gasteiger partial charge < -0.3 is 5.32 Å². The van der Waals surface area contributed by atoms with Crippen LogP contribution >= 0.6 is 0 Å². The Hall–Kier alpha value is -2.56. The number of hydrogen-bond donors (Lipinski definition) is 4. The van der Waals surface area contributed by atoms with Crippen molar-refractivity contribution in [1.29, 1.82) is 0 Å². The summed E-state index contributed by atoms with van der Waals surface area (Å²) < 4.78 is 54.1. The maximum absolute atomic E-state index is 13.6. The number of amides is 1. The molecule has 0 spiro atoms. The van der Waals surface area contributed by atoms with Crippen LogP contribution in [-0.4, -0.2) is 26.2 Å². The lowest BCUT2D eigenvalue weighted by molar-refractivity contribution is -0.119. The molecule has 0 bridgehead atoms. The highest BCUT2D eigenvalue weighted by Crippen LogP contribution is 2.21. The minimum absolute atomic E-state index is 0.0647. The van der Waals surface area contributed by atoms with E-state index in [9.17, 15) is 22.0 Å². The summed E-state index contributed by atoms with van der Waals surface area (Å²) in [4.78, 5) is 12.5. The molecule has 3 rings (SSSR count). The molecule has 1 aliphatic heterocycles. The van der Waals surface area contributed by atoms with Crippen LogP contribution in [-0.2, 0) is 14.8 Å². The fourth-order valence-corrected chi connectivity index (χ4v) is 4.13. The average Bonchev–Trinajstić information content (AvgIpc) is 3.11. The molecule has 4 N–H and O–H groups in total. The number of aryl methyl sites for hydroxylation is 1. The average molecular weight is 396 g/mol.